The van der Waals surface area contributed by atoms with Crippen LogP contribution in [0.15, 0.2) is 42.5 Å². The Bertz CT molecular complexity index is 766. The summed E-state index contributed by atoms with van der Waals surface area (Å²) in [4.78, 5) is 2.35. The number of hydrogen-bond donors (Lipinski definition) is 1. The number of benzene rings is 2. The van der Waals surface area contributed by atoms with Gasteiger partial charge in [-0.3, -0.25) is 4.90 Å². The van der Waals surface area contributed by atoms with Crippen molar-refractivity contribution in [3.05, 3.63) is 65.2 Å². The first kappa shape index (κ1) is 19.8. The lowest BCUT2D eigenvalue weighted by atomic mass is 9.98. The van der Waals surface area contributed by atoms with Crippen LogP contribution in [-0.4, -0.2) is 30.6 Å². The van der Waals surface area contributed by atoms with E-state index in [0.29, 0.717) is 0 Å². The summed E-state index contributed by atoms with van der Waals surface area (Å²) >= 11 is 0. The summed E-state index contributed by atoms with van der Waals surface area (Å²) in [5, 5.41) is 3.57. The fourth-order valence-corrected chi connectivity index (χ4v) is 3.82. The second kappa shape index (κ2) is 8.81. The van der Waals surface area contributed by atoms with Crippen molar-refractivity contribution in [2.45, 2.75) is 45.4 Å². The van der Waals surface area contributed by atoms with Gasteiger partial charge in [0, 0.05) is 37.3 Å². The van der Waals surface area contributed by atoms with Gasteiger partial charge >= 0.3 is 0 Å². The zero-order valence-corrected chi connectivity index (χ0v) is 16.2. The number of ether oxygens (including phenoxy) is 1. The molecule has 1 aliphatic heterocycles. The maximum atomic E-state index is 13.7. The average molecular weight is 374 g/mol. The van der Waals surface area contributed by atoms with Crippen molar-refractivity contribution >= 4 is 0 Å². The molecule has 3 rings (SSSR count). The van der Waals surface area contributed by atoms with E-state index in [1.807, 2.05) is 32.0 Å². The predicted octanol–water partition coefficient (Wildman–Crippen LogP) is 4.85. The van der Waals surface area contributed by atoms with Crippen LogP contribution < -0.4 is 10.1 Å². The van der Waals surface area contributed by atoms with Gasteiger partial charge in [-0.1, -0.05) is 31.2 Å². The van der Waals surface area contributed by atoms with E-state index < -0.39 is 11.6 Å². The lowest BCUT2D eigenvalue weighted by Crippen LogP contribution is -2.47. The first-order valence-corrected chi connectivity index (χ1v) is 9.67. The normalized spacial score (nSPS) is 19.3. The van der Waals surface area contributed by atoms with E-state index in [1.54, 1.807) is 6.07 Å². The molecule has 1 N–H and O–H groups in total. The molecule has 0 saturated carbocycles. The van der Waals surface area contributed by atoms with Crippen molar-refractivity contribution in [1.82, 2.24) is 10.2 Å². The molecule has 1 heterocycles. The largest absolute Gasteiger partial charge is 0.491 e. The van der Waals surface area contributed by atoms with E-state index >= 15 is 0 Å². The van der Waals surface area contributed by atoms with Crippen LogP contribution >= 0.6 is 0 Å². The Kier molecular flexibility index (Phi) is 6.45. The molecule has 0 bridgehead atoms. The van der Waals surface area contributed by atoms with E-state index in [1.165, 1.54) is 12.1 Å². The highest BCUT2D eigenvalue weighted by molar-refractivity contribution is 5.37. The van der Waals surface area contributed by atoms with Crippen LogP contribution in [-0.2, 0) is 0 Å². The second-order valence-electron chi connectivity index (χ2n) is 7.30. The Hall–Kier alpha value is -1.98. The lowest BCUT2D eigenvalue weighted by molar-refractivity contribution is 0.137. The standard InChI is InChI=1S/C22H28F2N2O/c1-4-21(16-9-10-18(23)19(24)13-16)26-12-11-25-20(14-26)17-7-5-6-8-22(17)27-15(2)3/h5-10,13,15,20-21,25H,4,11-12,14H2,1-3H3/t20-,21+/m0/s1. The lowest BCUT2D eigenvalue weighted by Gasteiger charge is -2.39. The fraction of sp³-hybridized carbons (Fsp3) is 0.455. The summed E-state index contributed by atoms with van der Waals surface area (Å²) < 4.78 is 33.0. The molecule has 0 radical (unpaired) electrons. The highest BCUT2D eigenvalue weighted by atomic mass is 19.2. The van der Waals surface area contributed by atoms with Crippen molar-refractivity contribution < 1.29 is 13.5 Å². The van der Waals surface area contributed by atoms with Crippen molar-refractivity contribution in [2.24, 2.45) is 0 Å². The number of hydrogen-bond acceptors (Lipinski definition) is 3. The molecular weight excluding hydrogens is 346 g/mol. The molecule has 0 unspecified atom stereocenters. The Balaban J connectivity index is 1.82. The number of piperazine rings is 1. The maximum Gasteiger partial charge on any atom is 0.159 e. The molecule has 2 aromatic carbocycles. The molecule has 1 saturated heterocycles. The first-order chi connectivity index (χ1) is 13.0. The van der Waals surface area contributed by atoms with Gasteiger partial charge in [0.2, 0.25) is 0 Å². The SMILES string of the molecule is CC[C@H](c1ccc(F)c(F)c1)N1CCN[C@H](c2ccccc2OC(C)C)C1. The topological polar surface area (TPSA) is 24.5 Å². The van der Waals surface area contributed by atoms with Gasteiger partial charge < -0.3 is 10.1 Å². The van der Waals surface area contributed by atoms with Crippen molar-refractivity contribution in [1.29, 1.82) is 0 Å². The first-order valence-electron chi connectivity index (χ1n) is 9.67. The summed E-state index contributed by atoms with van der Waals surface area (Å²) in [6.07, 6.45) is 0.943. The van der Waals surface area contributed by atoms with Crippen LogP contribution in [0.5, 0.6) is 5.75 Å². The second-order valence-corrected chi connectivity index (χ2v) is 7.30. The molecule has 1 fully saturated rings. The van der Waals surface area contributed by atoms with Gasteiger partial charge in [0.25, 0.3) is 0 Å². The van der Waals surface area contributed by atoms with Gasteiger partial charge in [-0.25, -0.2) is 8.78 Å². The van der Waals surface area contributed by atoms with E-state index in [4.69, 9.17) is 4.74 Å². The minimum atomic E-state index is -0.799. The van der Waals surface area contributed by atoms with Gasteiger partial charge in [0.1, 0.15) is 5.75 Å². The van der Waals surface area contributed by atoms with Crippen molar-refractivity contribution in [3.63, 3.8) is 0 Å². The van der Waals surface area contributed by atoms with Gasteiger partial charge in [0.05, 0.1) is 6.10 Å². The van der Waals surface area contributed by atoms with E-state index in [-0.39, 0.29) is 18.2 Å². The highest BCUT2D eigenvalue weighted by Gasteiger charge is 2.28. The number of nitrogens with zero attached hydrogens (tertiary/aromatic N) is 1. The highest BCUT2D eigenvalue weighted by Crippen LogP contribution is 2.32. The molecule has 0 amide bonds. The Morgan fingerprint density at radius 3 is 2.63 bits per heavy atom. The van der Waals surface area contributed by atoms with Crippen molar-refractivity contribution in [3.8, 4) is 5.75 Å². The molecular formula is C22H28F2N2O. The Morgan fingerprint density at radius 1 is 1.15 bits per heavy atom. The third-order valence-corrected chi connectivity index (χ3v) is 5.02. The van der Waals surface area contributed by atoms with Gasteiger partial charge in [0.15, 0.2) is 11.6 Å². The Morgan fingerprint density at radius 2 is 1.93 bits per heavy atom. The molecule has 1 aliphatic rings. The number of rotatable bonds is 6. The predicted molar refractivity (Wildman–Crippen MR) is 104 cm³/mol. The molecule has 0 aliphatic carbocycles. The summed E-state index contributed by atoms with van der Waals surface area (Å²) in [5.41, 5.74) is 1.96. The smallest absolute Gasteiger partial charge is 0.159 e. The summed E-state index contributed by atoms with van der Waals surface area (Å²) in [7, 11) is 0. The quantitative estimate of drug-likeness (QED) is 0.782. The van der Waals surface area contributed by atoms with Crippen LogP contribution in [0.1, 0.15) is 50.4 Å². The minimum absolute atomic E-state index is 0.0582. The number of halogens is 2. The number of para-hydroxylation sites is 1. The maximum absolute atomic E-state index is 13.7. The van der Waals surface area contributed by atoms with Crippen LogP contribution in [0.3, 0.4) is 0 Å². The van der Waals surface area contributed by atoms with E-state index in [2.05, 4.69) is 23.2 Å². The molecule has 27 heavy (non-hydrogen) atoms. The molecule has 0 spiro atoms. The van der Waals surface area contributed by atoms with Crippen LogP contribution in [0, 0.1) is 11.6 Å². The molecule has 0 aromatic heterocycles. The summed E-state index contributed by atoms with van der Waals surface area (Å²) in [6, 6.07) is 12.5. The molecule has 5 heteroatoms. The van der Waals surface area contributed by atoms with E-state index in [0.717, 1.165) is 42.9 Å². The fourth-order valence-electron chi connectivity index (χ4n) is 3.82. The van der Waals surface area contributed by atoms with Crippen LogP contribution in [0.4, 0.5) is 8.78 Å². The minimum Gasteiger partial charge on any atom is -0.491 e. The van der Waals surface area contributed by atoms with Gasteiger partial charge in [-0.2, -0.15) is 0 Å². The summed E-state index contributed by atoms with van der Waals surface area (Å²) in [5.74, 6) is -0.687. The zero-order chi connectivity index (χ0) is 19.4. The molecule has 2 atom stereocenters. The van der Waals surface area contributed by atoms with Crippen LogP contribution in [0.2, 0.25) is 0 Å². The zero-order valence-electron chi connectivity index (χ0n) is 16.2. The van der Waals surface area contributed by atoms with E-state index in [9.17, 15) is 8.78 Å². The third kappa shape index (κ3) is 4.66. The van der Waals surface area contributed by atoms with Gasteiger partial charge in [-0.05, 0) is 44.0 Å². The Labute approximate surface area is 160 Å². The number of nitrogens with one attached hydrogen (secondary N) is 1. The monoisotopic (exact) mass is 374 g/mol. The average Bonchev–Trinajstić information content (AvgIpc) is 2.65. The molecule has 146 valence electrons. The van der Waals surface area contributed by atoms with Gasteiger partial charge in [-0.15, -0.1) is 0 Å². The molecule has 2 aromatic rings. The summed E-state index contributed by atoms with van der Waals surface area (Å²) in [6.45, 7) is 8.61. The van der Waals surface area contributed by atoms with Crippen molar-refractivity contribution in [2.75, 3.05) is 19.6 Å². The molecule has 3 nitrogen and oxygen atoms in total. The third-order valence-electron chi connectivity index (χ3n) is 5.02. The van der Waals surface area contributed by atoms with Crippen LogP contribution in [0.25, 0.3) is 0 Å².